The highest BCUT2D eigenvalue weighted by Gasteiger charge is 2.15. The molecule has 116 valence electrons. The van der Waals surface area contributed by atoms with Crippen molar-refractivity contribution in [3.05, 3.63) is 0 Å². The average Bonchev–Trinajstić information content (AvgIpc) is 2.41. The van der Waals surface area contributed by atoms with Crippen LogP contribution in [0.1, 0.15) is 53.9 Å². The third-order valence-electron chi connectivity index (χ3n) is 4.17. The van der Waals surface area contributed by atoms with Gasteiger partial charge in [-0.05, 0) is 70.5 Å². The number of hydrogen-bond acceptors (Lipinski definition) is 3. The van der Waals surface area contributed by atoms with Crippen LogP contribution in [0.3, 0.4) is 0 Å². The van der Waals surface area contributed by atoms with Gasteiger partial charge >= 0.3 is 0 Å². The van der Waals surface area contributed by atoms with Crippen LogP contribution in [-0.2, 0) is 0 Å². The summed E-state index contributed by atoms with van der Waals surface area (Å²) in [6.45, 7) is 19.3. The molecule has 0 aromatic carbocycles. The van der Waals surface area contributed by atoms with Crippen molar-refractivity contribution in [2.75, 3.05) is 45.8 Å². The van der Waals surface area contributed by atoms with E-state index in [1.165, 1.54) is 58.5 Å². The van der Waals surface area contributed by atoms with Gasteiger partial charge in [-0.25, -0.2) is 0 Å². The van der Waals surface area contributed by atoms with Gasteiger partial charge in [0.2, 0.25) is 0 Å². The normalized spacial score (nSPS) is 12.6. The van der Waals surface area contributed by atoms with Crippen LogP contribution in [0.5, 0.6) is 0 Å². The molecule has 0 atom stereocenters. The van der Waals surface area contributed by atoms with Gasteiger partial charge in [0.1, 0.15) is 0 Å². The van der Waals surface area contributed by atoms with Gasteiger partial charge in [0, 0.05) is 0 Å². The molecule has 3 heteroatoms. The number of nitrogens with two attached hydrogens (primary N) is 1. The topological polar surface area (TPSA) is 32.5 Å². The monoisotopic (exact) mass is 271 g/mol. The molecule has 0 aromatic heterocycles. The second-order valence-electron chi connectivity index (χ2n) is 6.29. The molecule has 0 heterocycles. The van der Waals surface area contributed by atoms with Crippen molar-refractivity contribution in [3.63, 3.8) is 0 Å². The molecule has 0 saturated heterocycles. The lowest BCUT2D eigenvalue weighted by molar-refractivity contribution is 0.228. The average molecular weight is 271 g/mol. The summed E-state index contributed by atoms with van der Waals surface area (Å²) >= 11 is 0. The minimum absolute atomic E-state index is 0.306. The van der Waals surface area contributed by atoms with E-state index in [0.29, 0.717) is 5.41 Å². The van der Waals surface area contributed by atoms with Gasteiger partial charge in [-0.2, -0.15) is 0 Å². The molecule has 0 unspecified atom stereocenters. The van der Waals surface area contributed by atoms with Gasteiger partial charge in [0.15, 0.2) is 0 Å². The molecule has 2 N–H and O–H groups in total. The van der Waals surface area contributed by atoms with Crippen LogP contribution < -0.4 is 5.73 Å². The molecule has 3 nitrogen and oxygen atoms in total. The molecule has 0 saturated carbocycles. The van der Waals surface area contributed by atoms with E-state index >= 15 is 0 Å². The first-order chi connectivity index (χ1) is 8.99. The summed E-state index contributed by atoms with van der Waals surface area (Å²) in [5, 5.41) is 0. The predicted molar refractivity (Wildman–Crippen MR) is 86.6 cm³/mol. The molecule has 0 fully saturated rings. The Labute approximate surface area is 121 Å². The molecule has 0 aliphatic heterocycles. The van der Waals surface area contributed by atoms with Crippen molar-refractivity contribution in [2.45, 2.75) is 53.9 Å². The van der Waals surface area contributed by atoms with Crippen molar-refractivity contribution in [1.29, 1.82) is 0 Å². The molecule has 0 radical (unpaired) electrons. The first-order valence-electron chi connectivity index (χ1n) is 8.13. The van der Waals surface area contributed by atoms with Crippen LogP contribution >= 0.6 is 0 Å². The molecular formula is C16H37N3. The lowest BCUT2D eigenvalue weighted by atomic mass is 9.88. The van der Waals surface area contributed by atoms with Crippen molar-refractivity contribution < 1.29 is 0 Å². The molecule has 0 aromatic rings. The fourth-order valence-electron chi connectivity index (χ4n) is 2.37. The van der Waals surface area contributed by atoms with E-state index in [2.05, 4.69) is 44.4 Å². The molecular weight excluding hydrogens is 234 g/mol. The van der Waals surface area contributed by atoms with Crippen molar-refractivity contribution in [2.24, 2.45) is 11.1 Å². The third-order valence-corrected chi connectivity index (χ3v) is 4.17. The minimum Gasteiger partial charge on any atom is -0.330 e. The van der Waals surface area contributed by atoms with E-state index in [-0.39, 0.29) is 0 Å². The highest BCUT2D eigenvalue weighted by Crippen LogP contribution is 2.20. The van der Waals surface area contributed by atoms with Crippen LogP contribution in [0.15, 0.2) is 0 Å². The molecule has 0 bridgehead atoms. The fraction of sp³-hybridized carbons (Fsp3) is 1.00. The quantitative estimate of drug-likeness (QED) is 0.592. The van der Waals surface area contributed by atoms with Gasteiger partial charge in [-0.1, -0.05) is 34.6 Å². The summed E-state index contributed by atoms with van der Waals surface area (Å²) in [6, 6.07) is 0. The maximum atomic E-state index is 5.78. The standard InChI is InChI=1S/C16H37N3/c1-6-18(7-2)13-10-14-19(8-3)12-9-11-16(4,5)15-17/h6-15,17H2,1-5H3. The van der Waals surface area contributed by atoms with E-state index in [4.69, 9.17) is 5.73 Å². The lowest BCUT2D eigenvalue weighted by Gasteiger charge is -2.26. The molecule has 0 spiro atoms. The van der Waals surface area contributed by atoms with E-state index in [1.54, 1.807) is 0 Å². The number of rotatable bonds is 12. The summed E-state index contributed by atoms with van der Waals surface area (Å²) in [4.78, 5) is 5.08. The van der Waals surface area contributed by atoms with Crippen molar-refractivity contribution in [1.82, 2.24) is 9.80 Å². The molecule has 0 rings (SSSR count). The zero-order chi connectivity index (χ0) is 14.7. The van der Waals surface area contributed by atoms with Crippen LogP contribution in [0.2, 0.25) is 0 Å². The summed E-state index contributed by atoms with van der Waals surface area (Å²) in [5.41, 5.74) is 6.09. The Balaban J connectivity index is 3.77. The Kier molecular flexibility index (Phi) is 10.6. The maximum Gasteiger partial charge on any atom is -0.000666 e. The number of nitrogens with zero attached hydrogens (tertiary/aromatic N) is 2. The van der Waals surface area contributed by atoms with Gasteiger partial charge in [-0.3, -0.25) is 0 Å². The number of hydrogen-bond donors (Lipinski definition) is 1. The van der Waals surface area contributed by atoms with Crippen LogP contribution in [0, 0.1) is 5.41 Å². The zero-order valence-corrected chi connectivity index (χ0v) is 14.0. The van der Waals surface area contributed by atoms with Crippen LogP contribution in [-0.4, -0.2) is 55.6 Å². The minimum atomic E-state index is 0.306. The van der Waals surface area contributed by atoms with Gasteiger partial charge in [0.05, 0.1) is 0 Å². The Morgan fingerprint density at radius 3 is 1.74 bits per heavy atom. The summed E-state index contributed by atoms with van der Waals surface area (Å²) < 4.78 is 0. The summed E-state index contributed by atoms with van der Waals surface area (Å²) in [6.07, 6.45) is 3.79. The van der Waals surface area contributed by atoms with Gasteiger partial charge in [-0.15, -0.1) is 0 Å². The lowest BCUT2D eigenvalue weighted by Crippen LogP contribution is -2.31. The first-order valence-corrected chi connectivity index (χ1v) is 8.13. The van der Waals surface area contributed by atoms with E-state index in [0.717, 1.165) is 6.54 Å². The Morgan fingerprint density at radius 2 is 1.26 bits per heavy atom. The van der Waals surface area contributed by atoms with Crippen LogP contribution in [0.4, 0.5) is 0 Å². The molecule has 0 aliphatic carbocycles. The largest absolute Gasteiger partial charge is 0.330 e. The highest BCUT2D eigenvalue weighted by molar-refractivity contribution is 4.70. The third kappa shape index (κ3) is 9.42. The fourth-order valence-corrected chi connectivity index (χ4v) is 2.37. The zero-order valence-electron chi connectivity index (χ0n) is 14.0. The van der Waals surface area contributed by atoms with Gasteiger partial charge in [0.25, 0.3) is 0 Å². The van der Waals surface area contributed by atoms with E-state index in [9.17, 15) is 0 Å². The SMILES string of the molecule is CCN(CC)CCCN(CC)CCCC(C)(C)CN. The Hall–Kier alpha value is -0.120. The van der Waals surface area contributed by atoms with E-state index in [1.807, 2.05) is 0 Å². The second-order valence-corrected chi connectivity index (χ2v) is 6.29. The van der Waals surface area contributed by atoms with Crippen molar-refractivity contribution in [3.8, 4) is 0 Å². The molecule has 19 heavy (non-hydrogen) atoms. The van der Waals surface area contributed by atoms with E-state index < -0.39 is 0 Å². The Morgan fingerprint density at radius 1 is 0.789 bits per heavy atom. The Bertz CT molecular complexity index is 200. The van der Waals surface area contributed by atoms with Gasteiger partial charge < -0.3 is 15.5 Å². The first kappa shape index (κ1) is 18.9. The second kappa shape index (κ2) is 10.6. The maximum absolute atomic E-state index is 5.78. The smallest absolute Gasteiger partial charge is 0.000666 e. The molecule has 0 aliphatic rings. The predicted octanol–water partition coefficient (Wildman–Crippen LogP) is 2.81. The highest BCUT2D eigenvalue weighted by atomic mass is 15.1. The molecule has 0 amide bonds. The summed E-state index contributed by atoms with van der Waals surface area (Å²) in [5.74, 6) is 0. The van der Waals surface area contributed by atoms with Crippen LogP contribution in [0.25, 0.3) is 0 Å². The van der Waals surface area contributed by atoms with Crippen molar-refractivity contribution >= 4 is 0 Å². The summed E-state index contributed by atoms with van der Waals surface area (Å²) in [7, 11) is 0.